The summed E-state index contributed by atoms with van der Waals surface area (Å²) in [6.45, 7) is 0.890. The Kier molecular flexibility index (Phi) is 7.84. The molecule has 1 saturated carbocycles. The van der Waals surface area contributed by atoms with Gasteiger partial charge in [0.25, 0.3) is 5.91 Å². The minimum absolute atomic E-state index is 0.299. The van der Waals surface area contributed by atoms with E-state index in [-0.39, 0.29) is 5.91 Å². The van der Waals surface area contributed by atoms with Crippen molar-refractivity contribution in [3.63, 3.8) is 0 Å². The fraction of sp³-hybridized carbons (Fsp3) is 0.455. The number of hydrogen-bond donors (Lipinski definition) is 4. The third-order valence-electron chi connectivity index (χ3n) is 5.79. The van der Waals surface area contributed by atoms with Crippen LogP contribution in [0.1, 0.15) is 44.1 Å². The zero-order valence-electron chi connectivity index (χ0n) is 17.2. The van der Waals surface area contributed by atoms with Crippen molar-refractivity contribution in [3.8, 4) is 0 Å². The highest BCUT2D eigenvalue weighted by atomic mass is 16.7. The first kappa shape index (κ1) is 22.3. The minimum atomic E-state index is -1.16. The van der Waals surface area contributed by atoms with Gasteiger partial charge >= 0.3 is 7.12 Å². The maximum atomic E-state index is 13.0. The fourth-order valence-electron chi connectivity index (χ4n) is 3.98. The van der Waals surface area contributed by atoms with Crippen LogP contribution in [0.3, 0.4) is 0 Å². The van der Waals surface area contributed by atoms with E-state index in [1.807, 2.05) is 42.5 Å². The van der Waals surface area contributed by atoms with Crippen molar-refractivity contribution < 1.29 is 19.4 Å². The van der Waals surface area contributed by atoms with Crippen molar-refractivity contribution in [1.82, 2.24) is 10.8 Å². The lowest BCUT2D eigenvalue weighted by Gasteiger charge is -2.26. The van der Waals surface area contributed by atoms with Crippen LogP contribution in [0.2, 0.25) is 6.32 Å². The first-order chi connectivity index (χ1) is 14.5. The first-order valence-corrected chi connectivity index (χ1v) is 10.7. The Morgan fingerprint density at radius 3 is 2.53 bits per heavy atom. The number of nitrogens with two attached hydrogens (primary N) is 1. The second-order valence-electron chi connectivity index (χ2n) is 7.94. The van der Waals surface area contributed by atoms with Gasteiger partial charge in [-0.1, -0.05) is 55.7 Å². The van der Waals surface area contributed by atoms with E-state index in [1.165, 1.54) is 0 Å². The number of nitrogens with one attached hydrogen (secondary N) is 2. The molecule has 0 aliphatic heterocycles. The second-order valence-corrected chi connectivity index (χ2v) is 7.94. The third kappa shape index (κ3) is 5.39. The summed E-state index contributed by atoms with van der Waals surface area (Å²) in [5.41, 5.74) is 7.56. The van der Waals surface area contributed by atoms with Gasteiger partial charge in [0.1, 0.15) is 5.41 Å². The van der Waals surface area contributed by atoms with E-state index in [0.717, 1.165) is 35.6 Å². The Morgan fingerprint density at radius 1 is 1.07 bits per heavy atom. The van der Waals surface area contributed by atoms with Gasteiger partial charge in [-0.05, 0) is 54.5 Å². The molecule has 7 nitrogen and oxygen atoms in total. The Morgan fingerprint density at radius 2 is 1.80 bits per heavy atom. The van der Waals surface area contributed by atoms with Gasteiger partial charge in [-0.3, -0.25) is 14.3 Å². The number of fused-ring (bicyclic) bond motifs is 1. The molecule has 3 rings (SSSR count). The molecule has 30 heavy (non-hydrogen) atoms. The van der Waals surface area contributed by atoms with E-state index >= 15 is 0 Å². The van der Waals surface area contributed by atoms with Crippen LogP contribution in [0.4, 0.5) is 0 Å². The van der Waals surface area contributed by atoms with Crippen LogP contribution in [0.25, 0.3) is 10.8 Å². The average molecular weight is 411 g/mol. The molecule has 0 spiro atoms. The highest BCUT2D eigenvalue weighted by Gasteiger charge is 2.48. The van der Waals surface area contributed by atoms with Crippen LogP contribution in [-0.2, 0) is 20.9 Å². The molecular weight excluding hydrogens is 381 g/mol. The lowest BCUT2D eigenvalue weighted by molar-refractivity contribution is -0.148. The molecule has 0 saturated heterocycles. The number of carbonyl (C=O) groups is 2. The summed E-state index contributed by atoms with van der Waals surface area (Å²) in [5.74, 6) is -0.791. The molecule has 1 fully saturated rings. The van der Waals surface area contributed by atoms with E-state index in [4.69, 9.17) is 10.5 Å². The number of carbonyl (C=O) groups excluding carboxylic acids is 2. The van der Waals surface area contributed by atoms with Gasteiger partial charge in [-0.15, -0.1) is 0 Å². The van der Waals surface area contributed by atoms with Gasteiger partial charge in [0.2, 0.25) is 5.91 Å². The molecule has 0 unspecified atom stereocenters. The SMILES string of the molecule is NCCCCB(O)ONC(=O)C1(C(=O)NCc2ccc3ccccc3c2)CCCC1. The van der Waals surface area contributed by atoms with Crippen molar-refractivity contribution in [1.29, 1.82) is 0 Å². The summed E-state index contributed by atoms with van der Waals surface area (Å²) in [6.07, 6.45) is 4.38. The van der Waals surface area contributed by atoms with Gasteiger partial charge in [0.15, 0.2) is 0 Å². The predicted octanol–water partition coefficient (Wildman–Crippen LogP) is 2.28. The van der Waals surface area contributed by atoms with Gasteiger partial charge in [0.05, 0.1) is 0 Å². The number of hydrogen-bond acceptors (Lipinski definition) is 5. The van der Waals surface area contributed by atoms with Crippen molar-refractivity contribution in [2.45, 2.75) is 51.4 Å². The van der Waals surface area contributed by atoms with E-state index in [2.05, 4.69) is 10.8 Å². The maximum absolute atomic E-state index is 13.0. The molecular formula is C22H30BN3O4. The van der Waals surface area contributed by atoms with Crippen LogP contribution < -0.4 is 16.5 Å². The third-order valence-corrected chi connectivity index (χ3v) is 5.79. The Bertz CT molecular complexity index is 870. The van der Waals surface area contributed by atoms with Crippen molar-refractivity contribution in [2.24, 2.45) is 11.1 Å². The normalized spacial score (nSPS) is 15.1. The van der Waals surface area contributed by atoms with Gasteiger partial charge in [0, 0.05) is 6.54 Å². The summed E-state index contributed by atoms with van der Waals surface area (Å²) in [7, 11) is -1.11. The minimum Gasteiger partial charge on any atom is -0.426 e. The number of hydroxylamine groups is 1. The molecule has 2 aromatic carbocycles. The van der Waals surface area contributed by atoms with E-state index in [0.29, 0.717) is 38.7 Å². The van der Waals surface area contributed by atoms with Crippen LogP contribution >= 0.6 is 0 Å². The smallest absolute Gasteiger partial charge is 0.426 e. The Balaban J connectivity index is 1.58. The number of amides is 2. The van der Waals surface area contributed by atoms with E-state index < -0.39 is 18.4 Å². The van der Waals surface area contributed by atoms with Crippen molar-refractivity contribution >= 4 is 29.7 Å². The number of unbranched alkanes of at least 4 members (excludes halogenated alkanes) is 1. The highest BCUT2D eigenvalue weighted by molar-refractivity contribution is 6.42. The summed E-state index contributed by atoms with van der Waals surface area (Å²) in [6, 6.07) is 14.1. The first-order valence-electron chi connectivity index (χ1n) is 10.7. The molecule has 8 heteroatoms. The summed E-state index contributed by atoms with van der Waals surface area (Å²) in [4.78, 5) is 25.8. The molecule has 5 N–H and O–H groups in total. The van der Waals surface area contributed by atoms with Crippen LogP contribution in [0, 0.1) is 5.41 Å². The summed E-state index contributed by atoms with van der Waals surface area (Å²) >= 11 is 0. The molecule has 1 aliphatic rings. The van der Waals surface area contributed by atoms with Gasteiger partial charge < -0.3 is 16.1 Å². The van der Waals surface area contributed by atoms with Gasteiger partial charge in [-0.25, -0.2) is 5.48 Å². The lowest BCUT2D eigenvalue weighted by Crippen LogP contribution is -2.50. The van der Waals surface area contributed by atoms with Crippen LogP contribution in [-0.4, -0.2) is 30.5 Å². The van der Waals surface area contributed by atoms with E-state index in [9.17, 15) is 14.6 Å². The fourth-order valence-corrected chi connectivity index (χ4v) is 3.98. The largest absolute Gasteiger partial charge is 0.479 e. The van der Waals surface area contributed by atoms with Crippen molar-refractivity contribution in [2.75, 3.05) is 6.54 Å². The van der Waals surface area contributed by atoms with Gasteiger partial charge in [-0.2, -0.15) is 0 Å². The average Bonchev–Trinajstić information content (AvgIpc) is 3.27. The molecule has 0 atom stereocenters. The van der Waals surface area contributed by atoms with Crippen molar-refractivity contribution in [3.05, 3.63) is 48.0 Å². The van der Waals surface area contributed by atoms with E-state index in [1.54, 1.807) is 0 Å². The summed E-state index contributed by atoms with van der Waals surface area (Å²) in [5, 5.41) is 15.0. The zero-order chi connectivity index (χ0) is 21.4. The lowest BCUT2D eigenvalue weighted by atomic mass is 9.82. The standard InChI is InChI=1S/C22H30BN3O4/c24-14-6-5-13-23(29)30-26-21(28)22(11-3-4-12-22)20(27)25-16-17-9-10-18-7-1-2-8-19(18)15-17/h1-2,7-10,15,29H,3-6,11-14,16,24H2,(H,25,27)(H,26,28). The second kappa shape index (κ2) is 10.6. The molecule has 0 aromatic heterocycles. The maximum Gasteiger partial charge on any atom is 0.479 e. The number of benzene rings is 2. The quantitative estimate of drug-likeness (QED) is 0.207. The number of rotatable bonds is 10. The Labute approximate surface area is 177 Å². The topological polar surface area (TPSA) is 114 Å². The highest BCUT2D eigenvalue weighted by Crippen LogP contribution is 2.38. The Hall–Kier alpha value is -2.42. The molecule has 0 radical (unpaired) electrons. The van der Waals surface area contributed by atoms with Crippen LogP contribution in [0.15, 0.2) is 42.5 Å². The molecule has 160 valence electrons. The molecule has 1 aliphatic carbocycles. The monoisotopic (exact) mass is 411 g/mol. The predicted molar refractivity (Wildman–Crippen MR) is 117 cm³/mol. The van der Waals surface area contributed by atoms with Crippen LogP contribution in [0.5, 0.6) is 0 Å². The molecule has 2 aromatic rings. The molecule has 0 bridgehead atoms. The zero-order valence-corrected chi connectivity index (χ0v) is 17.2. The summed E-state index contributed by atoms with van der Waals surface area (Å²) < 4.78 is 5.08. The molecule has 0 heterocycles. The molecule has 2 amide bonds.